The number of esters is 2. The molecule has 0 radical (unpaired) electrons. The van der Waals surface area contributed by atoms with Crippen LogP contribution in [0, 0.1) is 0 Å². The van der Waals surface area contributed by atoms with E-state index in [9.17, 15) is 29.4 Å². The van der Waals surface area contributed by atoms with Crippen molar-refractivity contribution in [1.82, 2.24) is 10.6 Å². The number of thiophene rings is 1. The molecule has 0 aliphatic rings. The van der Waals surface area contributed by atoms with Gasteiger partial charge in [0.25, 0.3) is 11.8 Å². The van der Waals surface area contributed by atoms with E-state index in [0.717, 1.165) is 14.2 Å². The van der Waals surface area contributed by atoms with Gasteiger partial charge in [-0.3, -0.25) is 9.59 Å². The first-order valence-electron chi connectivity index (χ1n) is 7.25. The van der Waals surface area contributed by atoms with Crippen molar-refractivity contribution in [2.45, 2.75) is 12.1 Å². The average Bonchev–Trinajstić information content (AvgIpc) is 2.97. The van der Waals surface area contributed by atoms with Crippen LogP contribution in [0.4, 0.5) is 0 Å². The van der Waals surface area contributed by atoms with Gasteiger partial charge >= 0.3 is 11.9 Å². The Kier molecular flexibility index (Phi) is 8.72. The van der Waals surface area contributed by atoms with Gasteiger partial charge in [0.15, 0.2) is 11.5 Å². The minimum atomic E-state index is -1.10. The molecule has 0 bridgehead atoms. The molecule has 0 aliphatic carbocycles. The highest BCUT2D eigenvalue weighted by atomic mass is 32.1. The van der Waals surface area contributed by atoms with Gasteiger partial charge in [0.05, 0.1) is 14.2 Å². The Labute approximate surface area is 169 Å². The van der Waals surface area contributed by atoms with E-state index in [1.165, 1.54) is 0 Å². The molecule has 0 aliphatic heterocycles. The largest absolute Gasteiger partial charge is 0.503 e. The molecule has 2 amide bonds. The van der Waals surface area contributed by atoms with Crippen LogP contribution in [0.5, 0.6) is 11.5 Å². The van der Waals surface area contributed by atoms with Gasteiger partial charge in [-0.25, -0.2) is 9.59 Å². The lowest BCUT2D eigenvalue weighted by molar-refractivity contribution is -0.143. The molecule has 1 heterocycles. The van der Waals surface area contributed by atoms with Gasteiger partial charge < -0.3 is 30.3 Å². The third-order valence-corrected chi connectivity index (χ3v) is 5.11. The van der Waals surface area contributed by atoms with E-state index in [2.05, 4.69) is 45.4 Å². The van der Waals surface area contributed by atoms with Gasteiger partial charge in [0, 0.05) is 11.5 Å². The van der Waals surface area contributed by atoms with E-state index in [0.29, 0.717) is 11.3 Å². The second kappa shape index (κ2) is 10.3. The number of carbonyl (C=O) groups excluding carboxylic acids is 4. The maximum atomic E-state index is 12.2. The Balaban J connectivity index is 3.05. The molecule has 2 unspecified atom stereocenters. The topological polar surface area (TPSA) is 151 Å². The molecular weight excluding hydrogens is 420 g/mol. The molecule has 0 saturated heterocycles. The van der Waals surface area contributed by atoms with E-state index >= 15 is 0 Å². The molecule has 1 aromatic rings. The monoisotopic (exact) mass is 438 g/mol. The summed E-state index contributed by atoms with van der Waals surface area (Å²) in [7, 11) is 2.25. The second-order valence-electron chi connectivity index (χ2n) is 4.92. The number of amides is 2. The number of hydrogen-bond donors (Lipinski definition) is 6. The zero-order valence-electron chi connectivity index (χ0n) is 14.2. The summed E-state index contributed by atoms with van der Waals surface area (Å²) < 4.78 is 9.00. The van der Waals surface area contributed by atoms with E-state index in [-0.39, 0.29) is 11.5 Å². The van der Waals surface area contributed by atoms with Crippen molar-refractivity contribution in [2.75, 3.05) is 25.7 Å². The fraction of sp³-hybridized carbons (Fsp3) is 0.429. The number of hydrogen-bond acceptors (Lipinski definition) is 11. The highest BCUT2D eigenvalue weighted by molar-refractivity contribution is 7.80. The van der Waals surface area contributed by atoms with E-state index in [1.54, 1.807) is 0 Å². The lowest BCUT2D eigenvalue weighted by Gasteiger charge is -2.13. The van der Waals surface area contributed by atoms with Gasteiger partial charge in [0.1, 0.15) is 21.8 Å². The van der Waals surface area contributed by atoms with Crippen LogP contribution in [0.1, 0.15) is 19.3 Å². The van der Waals surface area contributed by atoms with Gasteiger partial charge in [0.2, 0.25) is 0 Å². The first-order valence-corrected chi connectivity index (χ1v) is 9.33. The summed E-state index contributed by atoms with van der Waals surface area (Å²) in [5.41, 5.74) is 0. The Hall–Kier alpha value is -2.12. The van der Waals surface area contributed by atoms with Gasteiger partial charge in [-0.05, 0) is 0 Å². The second-order valence-corrected chi connectivity index (χ2v) is 6.67. The van der Waals surface area contributed by atoms with Gasteiger partial charge in [-0.1, -0.05) is 0 Å². The van der Waals surface area contributed by atoms with E-state index in [1.807, 2.05) is 0 Å². The Morgan fingerprint density at radius 3 is 1.48 bits per heavy atom. The maximum Gasteiger partial charge on any atom is 0.329 e. The highest BCUT2D eigenvalue weighted by Gasteiger charge is 2.30. The lowest BCUT2D eigenvalue weighted by atomic mass is 10.2. The zero-order valence-corrected chi connectivity index (χ0v) is 16.8. The maximum absolute atomic E-state index is 12.2. The van der Waals surface area contributed by atoms with Crippen molar-refractivity contribution in [3.63, 3.8) is 0 Å². The van der Waals surface area contributed by atoms with E-state index in [4.69, 9.17) is 0 Å². The van der Waals surface area contributed by atoms with Crippen LogP contribution in [-0.4, -0.2) is 71.8 Å². The van der Waals surface area contributed by atoms with Crippen molar-refractivity contribution in [3.8, 4) is 11.5 Å². The van der Waals surface area contributed by atoms with Crippen LogP contribution in [-0.2, 0) is 19.1 Å². The van der Waals surface area contributed by atoms with Crippen molar-refractivity contribution in [2.24, 2.45) is 0 Å². The third kappa shape index (κ3) is 5.43. The van der Waals surface area contributed by atoms with Crippen LogP contribution >= 0.6 is 36.6 Å². The fourth-order valence-electron chi connectivity index (χ4n) is 1.81. The third-order valence-electron chi connectivity index (χ3n) is 3.22. The van der Waals surface area contributed by atoms with Gasteiger partial charge in [-0.2, -0.15) is 25.3 Å². The predicted octanol–water partition coefficient (Wildman–Crippen LogP) is -0.438. The standard InChI is InChI=1S/C14H18N2O8S3/c1-23-13(21)5(3-25)15-11(19)9-7(17)8(18)10(27-9)12(20)16-6(4-26)14(22)24-2/h5-6,17-18,25-26H,3-4H2,1-2H3,(H,15,19)(H,16,20). The first-order chi connectivity index (χ1) is 12.7. The quantitative estimate of drug-likeness (QED) is 0.236. The van der Waals surface area contributed by atoms with Crippen LogP contribution in [0.25, 0.3) is 0 Å². The molecule has 0 fully saturated rings. The minimum Gasteiger partial charge on any atom is -0.503 e. The summed E-state index contributed by atoms with van der Waals surface area (Å²) in [5.74, 6) is -5.20. The van der Waals surface area contributed by atoms with Crippen LogP contribution in [0.15, 0.2) is 0 Å². The van der Waals surface area contributed by atoms with Crippen LogP contribution in [0.2, 0.25) is 0 Å². The number of thiol groups is 2. The highest BCUT2D eigenvalue weighted by Crippen LogP contribution is 2.40. The van der Waals surface area contributed by atoms with E-state index < -0.39 is 57.1 Å². The molecule has 1 rings (SSSR count). The summed E-state index contributed by atoms with van der Waals surface area (Å²) in [6.07, 6.45) is 0. The summed E-state index contributed by atoms with van der Waals surface area (Å²) in [6.45, 7) is 0. The van der Waals surface area contributed by atoms with Crippen LogP contribution < -0.4 is 10.6 Å². The number of methoxy groups -OCH3 is 2. The first kappa shape index (κ1) is 22.9. The molecule has 1 aromatic heterocycles. The number of aromatic hydroxyl groups is 2. The molecule has 150 valence electrons. The molecule has 2 atom stereocenters. The number of rotatable bonds is 8. The molecule has 0 saturated carbocycles. The lowest BCUT2D eigenvalue weighted by Crippen LogP contribution is -2.43. The number of carbonyl (C=O) groups is 4. The molecule has 0 aromatic carbocycles. The Bertz CT molecular complexity index is 678. The Morgan fingerprint density at radius 2 is 1.22 bits per heavy atom. The van der Waals surface area contributed by atoms with Crippen molar-refractivity contribution < 1.29 is 38.9 Å². The SMILES string of the molecule is COC(=O)C(CS)NC(=O)c1sc(C(=O)NC(CS)C(=O)OC)c(O)c1O. The molecule has 0 spiro atoms. The molecule has 27 heavy (non-hydrogen) atoms. The van der Waals surface area contributed by atoms with Crippen molar-refractivity contribution in [3.05, 3.63) is 9.75 Å². The van der Waals surface area contributed by atoms with Gasteiger partial charge in [-0.15, -0.1) is 11.3 Å². The molecule has 10 nitrogen and oxygen atoms in total. The van der Waals surface area contributed by atoms with Crippen molar-refractivity contribution >= 4 is 60.3 Å². The number of ether oxygens (including phenoxy) is 2. The Morgan fingerprint density at radius 1 is 0.889 bits per heavy atom. The zero-order chi connectivity index (χ0) is 20.7. The predicted molar refractivity (Wildman–Crippen MR) is 102 cm³/mol. The minimum absolute atomic E-state index is 0.0768. The summed E-state index contributed by atoms with van der Waals surface area (Å²) >= 11 is 8.30. The average molecular weight is 439 g/mol. The molecule has 4 N–H and O–H groups in total. The smallest absolute Gasteiger partial charge is 0.329 e. The van der Waals surface area contributed by atoms with Crippen molar-refractivity contribution in [1.29, 1.82) is 0 Å². The summed E-state index contributed by atoms with van der Waals surface area (Å²) in [5, 5.41) is 24.4. The molecule has 13 heteroatoms. The molecular formula is C14H18N2O8S3. The summed E-state index contributed by atoms with van der Waals surface area (Å²) in [4.78, 5) is 46.7. The normalized spacial score (nSPS) is 12.6. The number of nitrogens with one attached hydrogen (secondary N) is 2. The summed E-state index contributed by atoms with van der Waals surface area (Å²) in [6, 6.07) is -2.20. The van der Waals surface area contributed by atoms with Crippen LogP contribution in [0.3, 0.4) is 0 Å². The fourth-order valence-corrected chi connectivity index (χ4v) is 3.19.